The molecular weight excluding hydrogens is 188 g/mol. The summed E-state index contributed by atoms with van der Waals surface area (Å²) >= 11 is 1.21. The number of carbonyl (C=O) groups excluding carboxylic acids is 1. The maximum absolute atomic E-state index is 11.4. The van der Waals surface area contributed by atoms with Gasteiger partial charge in [0.25, 0.3) is 5.91 Å². The van der Waals surface area contributed by atoms with E-state index in [1.807, 2.05) is 0 Å². The van der Waals surface area contributed by atoms with Gasteiger partial charge >= 0.3 is 0 Å². The van der Waals surface area contributed by atoms with Crippen LogP contribution in [0.15, 0.2) is 23.5 Å². The van der Waals surface area contributed by atoms with Crippen LogP contribution in [0.5, 0.6) is 0 Å². The Balaban J connectivity index is 2.34. The van der Waals surface area contributed by atoms with E-state index in [9.17, 15) is 4.79 Å². The number of nitrogens with zero attached hydrogens (tertiary/aromatic N) is 3. The first-order chi connectivity index (χ1) is 6.18. The van der Waals surface area contributed by atoms with Crippen LogP contribution in [0.4, 0.5) is 10.1 Å². The summed E-state index contributed by atoms with van der Waals surface area (Å²) in [5.74, 6) is -0.233. The summed E-state index contributed by atoms with van der Waals surface area (Å²) in [5, 5.41) is 6.11. The zero-order valence-corrected chi connectivity index (χ0v) is 7.41. The number of hydrogen-bond acceptors (Lipinski definition) is 5. The van der Waals surface area contributed by atoms with Crippen molar-refractivity contribution in [2.75, 3.05) is 10.7 Å². The number of anilines is 2. The fourth-order valence-corrected chi connectivity index (χ4v) is 1.55. The minimum atomic E-state index is -0.233. The molecule has 2 heterocycles. The molecule has 0 atom stereocenters. The van der Waals surface area contributed by atoms with E-state index in [4.69, 9.17) is 5.73 Å². The third kappa shape index (κ3) is 1.20. The lowest BCUT2D eigenvalue weighted by molar-refractivity contribution is -0.114. The maximum atomic E-state index is 11.4. The highest BCUT2D eigenvalue weighted by atomic mass is 32.1. The average molecular weight is 194 g/mol. The van der Waals surface area contributed by atoms with Crippen molar-refractivity contribution in [2.24, 2.45) is 5.10 Å². The lowest BCUT2D eigenvalue weighted by Gasteiger charge is -2.06. The van der Waals surface area contributed by atoms with E-state index in [0.717, 1.165) is 0 Å². The third-order valence-corrected chi connectivity index (χ3v) is 2.32. The monoisotopic (exact) mass is 194 g/mol. The van der Waals surface area contributed by atoms with Gasteiger partial charge in [-0.1, -0.05) is 17.9 Å². The first kappa shape index (κ1) is 7.93. The molecule has 0 aliphatic carbocycles. The lowest BCUT2D eigenvalue weighted by atomic mass is 10.3. The van der Waals surface area contributed by atoms with Crippen LogP contribution in [0.1, 0.15) is 0 Å². The summed E-state index contributed by atoms with van der Waals surface area (Å²) in [4.78, 5) is 15.2. The molecule has 0 bridgehead atoms. The van der Waals surface area contributed by atoms with Gasteiger partial charge in [-0.2, -0.15) is 10.1 Å². The molecule has 1 aromatic rings. The van der Waals surface area contributed by atoms with Crippen LogP contribution in [0.2, 0.25) is 0 Å². The second-order valence-electron chi connectivity index (χ2n) is 2.42. The minimum absolute atomic E-state index is 0.233. The predicted octanol–water partition coefficient (Wildman–Crippen LogP) is 0.614. The molecule has 6 heteroatoms. The van der Waals surface area contributed by atoms with Gasteiger partial charge in [0, 0.05) is 0 Å². The molecule has 5 nitrogen and oxygen atoms in total. The number of hydrazone groups is 1. The van der Waals surface area contributed by atoms with Gasteiger partial charge in [-0.05, 0) is 0 Å². The van der Waals surface area contributed by atoms with Crippen molar-refractivity contribution >= 4 is 33.6 Å². The summed E-state index contributed by atoms with van der Waals surface area (Å²) in [5.41, 5.74) is 5.79. The number of carbonyl (C=O) groups is 1. The van der Waals surface area contributed by atoms with Crippen molar-refractivity contribution in [1.29, 1.82) is 0 Å². The molecular formula is C7H6N4OS. The van der Waals surface area contributed by atoms with E-state index in [1.165, 1.54) is 28.8 Å². The van der Waals surface area contributed by atoms with Crippen LogP contribution < -0.4 is 10.7 Å². The molecule has 0 saturated heterocycles. The summed E-state index contributed by atoms with van der Waals surface area (Å²) in [6.07, 6.45) is 2.92. The number of amides is 1. The van der Waals surface area contributed by atoms with Gasteiger partial charge < -0.3 is 5.73 Å². The number of nitrogen functional groups attached to an aromatic ring is 1. The topological polar surface area (TPSA) is 71.6 Å². The van der Waals surface area contributed by atoms with Crippen molar-refractivity contribution in [1.82, 2.24) is 4.98 Å². The summed E-state index contributed by atoms with van der Waals surface area (Å²) in [6, 6.07) is 0. The zero-order chi connectivity index (χ0) is 9.42. The minimum Gasteiger partial charge on any atom is -0.375 e. The van der Waals surface area contributed by atoms with Crippen LogP contribution in [0.3, 0.4) is 0 Å². The Hall–Kier alpha value is -1.69. The maximum Gasteiger partial charge on any atom is 0.280 e. The van der Waals surface area contributed by atoms with Gasteiger partial charge in [0.05, 0.1) is 18.0 Å². The van der Waals surface area contributed by atoms with Gasteiger partial charge in [-0.3, -0.25) is 4.79 Å². The van der Waals surface area contributed by atoms with Crippen molar-refractivity contribution in [3.05, 3.63) is 18.3 Å². The fourth-order valence-electron chi connectivity index (χ4n) is 0.905. The first-order valence-corrected chi connectivity index (χ1v) is 4.29. The summed E-state index contributed by atoms with van der Waals surface area (Å²) in [6.45, 7) is 3.53. The highest BCUT2D eigenvalue weighted by Crippen LogP contribution is 2.27. The van der Waals surface area contributed by atoms with Crippen LogP contribution in [-0.4, -0.2) is 17.1 Å². The van der Waals surface area contributed by atoms with E-state index in [0.29, 0.717) is 15.7 Å². The van der Waals surface area contributed by atoms with Crippen LogP contribution >= 0.6 is 11.3 Å². The molecule has 2 N–H and O–H groups in total. The van der Waals surface area contributed by atoms with E-state index in [1.54, 1.807) is 0 Å². The first-order valence-electron chi connectivity index (χ1n) is 3.47. The average Bonchev–Trinajstić information content (AvgIpc) is 2.62. The van der Waals surface area contributed by atoms with Crippen molar-refractivity contribution in [3.63, 3.8) is 0 Å². The van der Waals surface area contributed by atoms with E-state index in [-0.39, 0.29) is 5.91 Å². The van der Waals surface area contributed by atoms with Gasteiger partial charge in [0.15, 0.2) is 5.13 Å². The standard InChI is InChI=1S/C7H6N4OS/c1-4-2-10-11(6(4)12)5-3-9-7(8)13-5/h2-3H,1H2,(H2,8,9). The molecule has 1 aliphatic rings. The second kappa shape index (κ2) is 2.67. The molecule has 0 spiro atoms. The smallest absolute Gasteiger partial charge is 0.280 e. The Morgan fingerprint density at radius 3 is 2.85 bits per heavy atom. The highest BCUT2D eigenvalue weighted by Gasteiger charge is 2.23. The zero-order valence-electron chi connectivity index (χ0n) is 6.60. The van der Waals surface area contributed by atoms with Crippen molar-refractivity contribution < 1.29 is 4.79 Å². The molecule has 1 aromatic heterocycles. The van der Waals surface area contributed by atoms with E-state index < -0.39 is 0 Å². The van der Waals surface area contributed by atoms with Crippen molar-refractivity contribution in [2.45, 2.75) is 0 Å². The Bertz CT molecular complexity index is 408. The number of nitrogens with two attached hydrogens (primary N) is 1. The van der Waals surface area contributed by atoms with Gasteiger partial charge in [0.1, 0.15) is 5.00 Å². The van der Waals surface area contributed by atoms with Crippen LogP contribution in [0.25, 0.3) is 0 Å². The quantitative estimate of drug-likeness (QED) is 0.666. The predicted molar refractivity (Wildman–Crippen MR) is 51.6 cm³/mol. The molecule has 66 valence electrons. The molecule has 0 fully saturated rings. The Morgan fingerprint density at radius 2 is 2.38 bits per heavy atom. The lowest BCUT2D eigenvalue weighted by Crippen LogP contribution is -2.19. The number of hydrogen-bond donors (Lipinski definition) is 1. The normalized spacial score (nSPS) is 15.8. The van der Waals surface area contributed by atoms with E-state index in [2.05, 4.69) is 16.7 Å². The summed E-state index contributed by atoms with van der Waals surface area (Å²) in [7, 11) is 0. The molecule has 0 aromatic carbocycles. The molecule has 0 saturated carbocycles. The third-order valence-electron chi connectivity index (χ3n) is 1.52. The molecule has 0 unspecified atom stereocenters. The Labute approximate surface area is 78.2 Å². The number of rotatable bonds is 1. The number of thiazole rings is 1. The summed E-state index contributed by atoms with van der Waals surface area (Å²) < 4.78 is 0. The Morgan fingerprint density at radius 1 is 1.62 bits per heavy atom. The van der Waals surface area contributed by atoms with Crippen LogP contribution in [0, 0.1) is 0 Å². The molecule has 1 aliphatic heterocycles. The molecule has 0 radical (unpaired) electrons. The fraction of sp³-hybridized carbons (Fsp3) is 0. The SMILES string of the molecule is C=C1C=NN(c2cnc(N)s2)C1=O. The van der Waals surface area contributed by atoms with Gasteiger partial charge in [0.2, 0.25) is 0 Å². The molecule has 2 rings (SSSR count). The Kier molecular flexibility index (Phi) is 1.63. The number of aromatic nitrogens is 1. The van der Waals surface area contributed by atoms with Gasteiger partial charge in [-0.25, -0.2) is 4.98 Å². The van der Waals surface area contributed by atoms with Gasteiger partial charge in [-0.15, -0.1) is 0 Å². The largest absolute Gasteiger partial charge is 0.375 e. The highest BCUT2D eigenvalue weighted by molar-refractivity contribution is 7.19. The van der Waals surface area contributed by atoms with Crippen LogP contribution in [-0.2, 0) is 4.79 Å². The van der Waals surface area contributed by atoms with Crippen molar-refractivity contribution in [3.8, 4) is 0 Å². The molecule has 13 heavy (non-hydrogen) atoms. The van der Waals surface area contributed by atoms with E-state index >= 15 is 0 Å². The molecule has 1 amide bonds. The second-order valence-corrected chi connectivity index (χ2v) is 3.46.